The van der Waals surface area contributed by atoms with Crippen LogP contribution in [0.2, 0.25) is 0 Å². The van der Waals surface area contributed by atoms with Crippen LogP contribution in [-0.2, 0) is 13.5 Å². The van der Waals surface area contributed by atoms with Crippen molar-refractivity contribution in [3.8, 4) is 0 Å². The van der Waals surface area contributed by atoms with Gasteiger partial charge in [0.1, 0.15) is 18.0 Å². The summed E-state index contributed by atoms with van der Waals surface area (Å²) in [5.41, 5.74) is 0. The molecule has 0 saturated carbocycles. The Labute approximate surface area is 120 Å². The second-order valence-electron chi connectivity index (χ2n) is 4.68. The summed E-state index contributed by atoms with van der Waals surface area (Å²) in [5.74, 6) is 0.730. The van der Waals surface area contributed by atoms with Crippen LogP contribution in [0, 0.1) is 5.82 Å². The van der Waals surface area contributed by atoms with E-state index in [0.717, 1.165) is 22.3 Å². The van der Waals surface area contributed by atoms with Gasteiger partial charge in [0, 0.05) is 29.1 Å². The molecule has 0 spiro atoms. The predicted molar refractivity (Wildman–Crippen MR) is 78.3 cm³/mol. The number of nitrogens with one attached hydrogen (secondary N) is 1. The maximum Gasteiger partial charge on any atom is 0.138 e. The first-order valence-corrected chi connectivity index (χ1v) is 7.18. The van der Waals surface area contributed by atoms with E-state index in [2.05, 4.69) is 21.5 Å². The number of aryl methyl sites for hydroxylation is 1. The molecule has 2 aromatic heterocycles. The number of hydrogen-bond donors (Lipinski definition) is 1. The molecule has 0 fully saturated rings. The van der Waals surface area contributed by atoms with Gasteiger partial charge in [0.05, 0.1) is 0 Å². The number of benzene rings is 1. The van der Waals surface area contributed by atoms with Gasteiger partial charge in [-0.2, -0.15) is 5.10 Å². The standard InChI is InChI=1S/C14H15FN4S/c1-16-11(7-14-17-8-18-19(14)2)13-5-9-3-4-10(15)6-12(9)20-13/h3-6,8,11,16H,7H2,1-2H3. The van der Waals surface area contributed by atoms with Crippen LogP contribution >= 0.6 is 11.3 Å². The highest BCUT2D eigenvalue weighted by Gasteiger charge is 2.16. The van der Waals surface area contributed by atoms with Crippen molar-refractivity contribution in [2.45, 2.75) is 12.5 Å². The molecule has 1 unspecified atom stereocenters. The van der Waals surface area contributed by atoms with E-state index in [-0.39, 0.29) is 11.9 Å². The minimum Gasteiger partial charge on any atom is -0.312 e. The molecule has 0 saturated heterocycles. The molecule has 0 radical (unpaired) electrons. The summed E-state index contributed by atoms with van der Waals surface area (Å²) >= 11 is 1.61. The number of fused-ring (bicyclic) bond motifs is 1. The number of hydrogen-bond acceptors (Lipinski definition) is 4. The summed E-state index contributed by atoms with van der Waals surface area (Å²) in [6.45, 7) is 0. The van der Waals surface area contributed by atoms with Gasteiger partial charge >= 0.3 is 0 Å². The van der Waals surface area contributed by atoms with Crippen LogP contribution in [0.25, 0.3) is 10.1 Å². The normalized spacial score (nSPS) is 12.9. The van der Waals surface area contributed by atoms with Crippen molar-refractivity contribution < 1.29 is 4.39 Å². The third-order valence-corrected chi connectivity index (χ3v) is 4.60. The Morgan fingerprint density at radius 2 is 2.25 bits per heavy atom. The molecule has 0 aliphatic rings. The zero-order chi connectivity index (χ0) is 14.1. The van der Waals surface area contributed by atoms with Crippen LogP contribution in [0.1, 0.15) is 16.7 Å². The topological polar surface area (TPSA) is 42.7 Å². The van der Waals surface area contributed by atoms with Crippen molar-refractivity contribution in [1.29, 1.82) is 0 Å². The van der Waals surface area contributed by atoms with Gasteiger partial charge in [-0.1, -0.05) is 6.07 Å². The van der Waals surface area contributed by atoms with Crippen LogP contribution in [0.15, 0.2) is 30.6 Å². The molecule has 0 amide bonds. The highest BCUT2D eigenvalue weighted by molar-refractivity contribution is 7.19. The van der Waals surface area contributed by atoms with Crippen LogP contribution in [-0.4, -0.2) is 21.8 Å². The van der Waals surface area contributed by atoms with E-state index in [4.69, 9.17) is 0 Å². The van der Waals surface area contributed by atoms with E-state index in [0.29, 0.717) is 0 Å². The molecule has 20 heavy (non-hydrogen) atoms. The van der Waals surface area contributed by atoms with Gasteiger partial charge in [-0.25, -0.2) is 9.37 Å². The van der Waals surface area contributed by atoms with Crippen molar-refractivity contribution >= 4 is 21.4 Å². The van der Waals surface area contributed by atoms with Crippen molar-refractivity contribution in [2.24, 2.45) is 7.05 Å². The number of nitrogens with zero attached hydrogens (tertiary/aromatic N) is 3. The SMILES string of the molecule is CNC(Cc1ncnn1C)c1cc2ccc(F)cc2s1. The summed E-state index contributed by atoms with van der Waals surface area (Å²) in [5, 5.41) is 8.45. The van der Waals surface area contributed by atoms with E-state index in [9.17, 15) is 4.39 Å². The van der Waals surface area contributed by atoms with Gasteiger partial charge in [-0.05, 0) is 30.6 Å². The average Bonchev–Trinajstić information content (AvgIpc) is 3.01. The average molecular weight is 290 g/mol. The molecular weight excluding hydrogens is 275 g/mol. The summed E-state index contributed by atoms with van der Waals surface area (Å²) in [6.07, 6.45) is 2.31. The summed E-state index contributed by atoms with van der Waals surface area (Å²) in [4.78, 5) is 5.43. The first-order valence-electron chi connectivity index (χ1n) is 6.36. The van der Waals surface area contributed by atoms with Crippen molar-refractivity contribution in [3.63, 3.8) is 0 Å². The molecule has 4 nitrogen and oxygen atoms in total. The maximum absolute atomic E-state index is 13.3. The van der Waals surface area contributed by atoms with E-state index >= 15 is 0 Å². The van der Waals surface area contributed by atoms with E-state index in [1.807, 2.05) is 20.2 Å². The van der Waals surface area contributed by atoms with Gasteiger partial charge in [0.2, 0.25) is 0 Å². The molecule has 2 heterocycles. The van der Waals surface area contributed by atoms with Crippen molar-refractivity contribution in [1.82, 2.24) is 20.1 Å². The minimum absolute atomic E-state index is 0.151. The molecule has 6 heteroatoms. The van der Waals surface area contributed by atoms with Crippen LogP contribution in [0.3, 0.4) is 0 Å². The predicted octanol–water partition coefficient (Wildman–Crippen LogP) is 2.67. The number of likely N-dealkylation sites (N-methyl/N-ethyl adjacent to an activating group) is 1. The largest absolute Gasteiger partial charge is 0.312 e. The lowest BCUT2D eigenvalue weighted by Crippen LogP contribution is -2.19. The molecule has 104 valence electrons. The molecule has 0 bridgehead atoms. The van der Waals surface area contributed by atoms with Crippen molar-refractivity contribution in [2.75, 3.05) is 7.05 Å². The zero-order valence-electron chi connectivity index (χ0n) is 11.3. The number of rotatable bonds is 4. The molecule has 1 N–H and O–H groups in total. The molecule has 1 aromatic carbocycles. The monoisotopic (exact) mass is 290 g/mol. The molecule has 0 aliphatic carbocycles. The molecule has 3 aromatic rings. The van der Waals surface area contributed by atoms with Gasteiger partial charge in [0.15, 0.2) is 0 Å². The second-order valence-corrected chi connectivity index (χ2v) is 5.79. The highest BCUT2D eigenvalue weighted by Crippen LogP contribution is 2.31. The summed E-state index contributed by atoms with van der Waals surface area (Å²) < 4.78 is 16.0. The van der Waals surface area contributed by atoms with E-state index < -0.39 is 0 Å². The lowest BCUT2D eigenvalue weighted by molar-refractivity contribution is 0.561. The van der Waals surface area contributed by atoms with Crippen LogP contribution in [0.4, 0.5) is 4.39 Å². The Kier molecular flexibility index (Phi) is 3.50. The molecular formula is C14H15FN4S. The Hall–Kier alpha value is -1.79. The maximum atomic E-state index is 13.3. The molecule has 1 atom stereocenters. The Balaban J connectivity index is 1.92. The summed E-state index contributed by atoms with van der Waals surface area (Å²) in [7, 11) is 3.81. The minimum atomic E-state index is -0.194. The first kappa shape index (κ1) is 13.2. The molecule has 0 aliphatic heterocycles. The smallest absolute Gasteiger partial charge is 0.138 e. The van der Waals surface area contributed by atoms with E-state index in [1.165, 1.54) is 10.9 Å². The lowest BCUT2D eigenvalue weighted by Gasteiger charge is -2.13. The van der Waals surface area contributed by atoms with E-state index in [1.54, 1.807) is 28.4 Å². The van der Waals surface area contributed by atoms with Gasteiger partial charge < -0.3 is 5.32 Å². The third-order valence-electron chi connectivity index (χ3n) is 3.38. The van der Waals surface area contributed by atoms with Crippen LogP contribution < -0.4 is 5.32 Å². The van der Waals surface area contributed by atoms with Gasteiger partial charge in [-0.15, -0.1) is 11.3 Å². The fraction of sp³-hybridized carbons (Fsp3) is 0.286. The Morgan fingerprint density at radius 3 is 2.95 bits per heavy atom. The number of halogens is 1. The Bertz CT molecular complexity index is 734. The summed E-state index contributed by atoms with van der Waals surface area (Å²) in [6, 6.07) is 7.16. The Morgan fingerprint density at radius 1 is 1.40 bits per heavy atom. The first-order chi connectivity index (χ1) is 9.67. The van der Waals surface area contributed by atoms with Crippen LogP contribution in [0.5, 0.6) is 0 Å². The quantitative estimate of drug-likeness (QED) is 0.803. The van der Waals surface area contributed by atoms with Gasteiger partial charge in [0.25, 0.3) is 0 Å². The third kappa shape index (κ3) is 2.44. The van der Waals surface area contributed by atoms with Crippen molar-refractivity contribution in [3.05, 3.63) is 47.1 Å². The number of aromatic nitrogens is 3. The van der Waals surface area contributed by atoms with Gasteiger partial charge in [-0.3, -0.25) is 4.68 Å². The fourth-order valence-electron chi connectivity index (χ4n) is 2.23. The number of thiophene rings is 1. The zero-order valence-corrected chi connectivity index (χ0v) is 12.1. The fourth-order valence-corrected chi connectivity index (χ4v) is 3.43. The second kappa shape index (κ2) is 5.30. The highest BCUT2D eigenvalue weighted by atomic mass is 32.1. The lowest BCUT2D eigenvalue weighted by atomic mass is 10.1. The molecule has 3 rings (SSSR count).